The lowest BCUT2D eigenvalue weighted by atomic mass is 10.0. The number of carbonyl (C=O) groups is 7. The molecule has 0 saturated heterocycles. The summed E-state index contributed by atoms with van der Waals surface area (Å²) in [5.74, 6) is -2.37. The minimum Gasteiger partial charge on any atom is -0.494 e. The molecule has 0 aliphatic heterocycles. The number of carbonyl (C=O) groups excluding carboxylic acids is 5. The summed E-state index contributed by atoms with van der Waals surface area (Å²) in [7, 11) is 0. The number of carboxylic acids is 2. The third kappa shape index (κ3) is 28.9. The molecule has 0 saturated carbocycles. The van der Waals surface area contributed by atoms with Gasteiger partial charge in [0.25, 0.3) is 0 Å². The summed E-state index contributed by atoms with van der Waals surface area (Å²) in [6.45, 7) is 6.08. The monoisotopic (exact) mass is 823 g/mol. The molecule has 0 spiro atoms. The zero-order valence-corrected chi connectivity index (χ0v) is 34.2. The Morgan fingerprint density at radius 1 is 0.586 bits per heavy atom. The molecule has 0 bridgehead atoms. The smallest absolute Gasteiger partial charge is 0.335 e. The molecule has 0 aliphatic carbocycles. The van der Waals surface area contributed by atoms with E-state index in [4.69, 9.17) is 28.8 Å². The number of aliphatic carboxylic acids is 1. The number of hydrogen-bond donors (Lipinski definition) is 5. The maximum atomic E-state index is 12.3. The Labute approximate surface area is 341 Å². The van der Waals surface area contributed by atoms with Crippen LogP contribution in [0.3, 0.4) is 0 Å². The molecule has 0 aliphatic rings. The zero-order valence-electron chi connectivity index (χ0n) is 34.2. The second-order valence-electron chi connectivity index (χ2n) is 13.9. The summed E-state index contributed by atoms with van der Waals surface area (Å²) in [4.78, 5) is 82.0. The first kappa shape index (κ1) is 51.6. The van der Waals surface area contributed by atoms with Gasteiger partial charge in [-0.2, -0.15) is 0 Å². The summed E-state index contributed by atoms with van der Waals surface area (Å²) in [5.41, 5.74) is 0.196. The maximum Gasteiger partial charge on any atom is 0.335 e. The lowest BCUT2D eigenvalue weighted by Gasteiger charge is -2.14. The van der Waals surface area contributed by atoms with Crippen LogP contribution in [0, 0.1) is 5.92 Å². The molecule has 328 valence electrons. The van der Waals surface area contributed by atoms with E-state index >= 15 is 0 Å². The van der Waals surface area contributed by atoms with Crippen LogP contribution in [0.4, 0.5) is 0 Å². The normalized spacial score (nSPS) is 12.0. The Morgan fingerprint density at radius 3 is 1.83 bits per heavy atom. The van der Waals surface area contributed by atoms with Crippen LogP contribution >= 0.6 is 0 Å². The fourth-order valence-corrected chi connectivity index (χ4v) is 5.27. The summed E-state index contributed by atoms with van der Waals surface area (Å²) >= 11 is 0. The van der Waals surface area contributed by atoms with Crippen LogP contribution in [-0.4, -0.2) is 130 Å². The van der Waals surface area contributed by atoms with Gasteiger partial charge < -0.3 is 49.8 Å². The molecule has 1 aromatic carbocycles. The molecule has 58 heavy (non-hydrogen) atoms. The molecule has 2 atom stereocenters. The minimum atomic E-state index is -1.19. The van der Waals surface area contributed by atoms with Crippen LogP contribution in [0.1, 0.15) is 108 Å². The van der Waals surface area contributed by atoms with Crippen LogP contribution in [0.5, 0.6) is 5.75 Å². The van der Waals surface area contributed by atoms with Gasteiger partial charge in [0.1, 0.15) is 36.6 Å². The molecular formula is C41H65N3O14. The fraction of sp³-hybridized carbons (Fsp3) is 0.683. The number of Topliss-reactive ketones (excluding diaryl/α,β-unsaturated/α-hetero) is 2. The molecule has 0 heterocycles. The third-order valence-electron chi connectivity index (χ3n) is 8.87. The Morgan fingerprint density at radius 2 is 1.19 bits per heavy atom. The van der Waals surface area contributed by atoms with E-state index in [-0.39, 0.29) is 119 Å². The van der Waals surface area contributed by atoms with Crippen molar-refractivity contribution in [3.63, 3.8) is 0 Å². The molecule has 17 nitrogen and oxygen atoms in total. The Kier molecular flexibility index (Phi) is 29.8. The number of nitrogens with one attached hydrogen (secondary N) is 3. The van der Waals surface area contributed by atoms with E-state index in [2.05, 4.69) is 16.0 Å². The average molecular weight is 824 g/mol. The first-order valence-corrected chi connectivity index (χ1v) is 20.2. The van der Waals surface area contributed by atoms with Crippen LogP contribution in [-0.2, 0) is 47.7 Å². The van der Waals surface area contributed by atoms with Gasteiger partial charge in [0.2, 0.25) is 17.7 Å². The zero-order chi connectivity index (χ0) is 42.8. The largest absolute Gasteiger partial charge is 0.494 e. The third-order valence-corrected chi connectivity index (χ3v) is 8.87. The number of rotatable bonds is 38. The van der Waals surface area contributed by atoms with Crippen molar-refractivity contribution in [2.45, 2.75) is 103 Å². The molecular weight excluding hydrogens is 758 g/mol. The summed E-state index contributed by atoms with van der Waals surface area (Å²) in [6.07, 6.45) is 7.33. The van der Waals surface area contributed by atoms with Crippen molar-refractivity contribution in [2.75, 3.05) is 72.6 Å². The van der Waals surface area contributed by atoms with E-state index in [1.807, 2.05) is 6.92 Å². The highest BCUT2D eigenvalue weighted by molar-refractivity contribution is 5.87. The van der Waals surface area contributed by atoms with E-state index in [1.54, 1.807) is 19.1 Å². The van der Waals surface area contributed by atoms with Crippen LogP contribution < -0.4 is 20.7 Å². The summed E-state index contributed by atoms with van der Waals surface area (Å²) < 4.78 is 27.0. The van der Waals surface area contributed by atoms with Crippen LogP contribution in [0.25, 0.3) is 0 Å². The molecule has 1 rings (SSSR count). The molecule has 0 fully saturated rings. The van der Waals surface area contributed by atoms with Gasteiger partial charge in [0, 0.05) is 44.9 Å². The molecule has 3 amide bonds. The number of benzene rings is 1. The van der Waals surface area contributed by atoms with Crippen molar-refractivity contribution in [2.24, 2.45) is 5.92 Å². The van der Waals surface area contributed by atoms with E-state index in [0.29, 0.717) is 38.3 Å². The van der Waals surface area contributed by atoms with Gasteiger partial charge in [0.05, 0.1) is 45.2 Å². The number of amides is 3. The summed E-state index contributed by atoms with van der Waals surface area (Å²) in [6, 6.07) is 5.06. The minimum absolute atomic E-state index is 0.00249. The average Bonchev–Trinajstić information content (AvgIpc) is 3.19. The van der Waals surface area contributed by atoms with Crippen molar-refractivity contribution in [1.82, 2.24) is 16.0 Å². The molecule has 17 heteroatoms. The SMILES string of the molecule is CC(=O)[C@@H](C)CCCCNC(=O)COCCOCCNC(=O)COCCOCCCC(=O)CC[C@H](NC(=O)CCCCCCCOc1ccc(C(=O)O)cc1)C(=O)O. The van der Waals surface area contributed by atoms with Crippen LogP contribution in [0.15, 0.2) is 24.3 Å². The highest BCUT2D eigenvalue weighted by atomic mass is 16.5. The van der Waals surface area contributed by atoms with E-state index < -0.39 is 18.0 Å². The van der Waals surface area contributed by atoms with E-state index in [9.17, 15) is 38.7 Å². The standard InChI is InChI=1S/C41H65N3O14/c1-31(32(2)45)11-7-8-20-42-38(48)29-57-28-26-55-24-21-43-39(49)30-56-27-25-54-22-10-12-34(46)16-19-36(41(52)53)44-37(47)13-6-4-3-5-9-23-58-35-17-14-33(15-18-35)40(50)51/h14-15,17-18,31,36H,3-13,16,19-30H2,1-2H3,(H,42,48)(H,43,49)(H,44,47)(H,50,51)(H,52,53)/t31-,36-/m0/s1. The molecule has 0 unspecified atom stereocenters. The predicted molar refractivity (Wildman–Crippen MR) is 213 cm³/mol. The van der Waals surface area contributed by atoms with E-state index in [1.165, 1.54) is 12.1 Å². The number of hydrogen-bond acceptors (Lipinski definition) is 12. The second-order valence-corrected chi connectivity index (χ2v) is 13.9. The van der Waals surface area contributed by atoms with Crippen molar-refractivity contribution >= 4 is 41.2 Å². The van der Waals surface area contributed by atoms with Crippen molar-refractivity contribution in [3.8, 4) is 5.75 Å². The number of unbranched alkanes of at least 4 members (excludes halogenated alkanes) is 5. The molecule has 0 radical (unpaired) electrons. The molecule has 0 aromatic heterocycles. The Hall–Kier alpha value is -4.45. The van der Waals surface area contributed by atoms with Crippen molar-refractivity contribution < 1.29 is 67.5 Å². The second kappa shape index (κ2) is 33.5. The lowest BCUT2D eigenvalue weighted by Crippen LogP contribution is -2.41. The first-order chi connectivity index (χ1) is 27.9. The van der Waals surface area contributed by atoms with Gasteiger partial charge in [-0.3, -0.25) is 24.0 Å². The lowest BCUT2D eigenvalue weighted by molar-refractivity contribution is -0.142. The molecule has 1 aromatic rings. The molecule has 5 N–H and O–H groups in total. The first-order valence-electron chi connectivity index (χ1n) is 20.2. The number of ketones is 2. The topological polar surface area (TPSA) is 242 Å². The van der Waals surface area contributed by atoms with E-state index in [0.717, 1.165) is 44.9 Å². The van der Waals surface area contributed by atoms with Gasteiger partial charge in [-0.1, -0.05) is 32.6 Å². The number of aromatic carboxylic acids is 1. The quantitative estimate of drug-likeness (QED) is 0.0600. The fourth-order valence-electron chi connectivity index (χ4n) is 5.27. The van der Waals surface area contributed by atoms with Gasteiger partial charge >= 0.3 is 11.9 Å². The summed E-state index contributed by atoms with van der Waals surface area (Å²) in [5, 5.41) is 26.4. The number of ether oxygens (including phenoxy) is 5. The maximum absolute atomic E-state index is 12.3. The highest BCUT2D eigenvalue weighted by Gasteiger charge is 2.21. The van der Waals surface area contributed by atoms with Gasteiger partial charge in [-0.05, 0) is 69.7 Å². The van der Waals surface area contributed by atoms with Gasteiger partial charge in [-0.15, -0.1) is 0 Å². The van der Waals surface area contributed by atoms with Gasteiger partial charge in [0.15, 0.2) is 0 Å². The van der Waals surface area contributed by atoms with Crippen molar-refractivity contribution in [1.29, 1.82) is 0 Å². The Bertz CT molecular complexity index is 1360. The van der Waals surface area contributed by atoms with Crippen LogP contribution in [0.2, 0.25) is 0 Å². The number of carboxylic acid groups (broad SMARTS) is 2. The van der Waals surface area contributed by atoms with Crippen molar-refractivity contribution in [3.05, 3.63) is 29.8 Å². The highest BCUT2D eigenvalue weighted by Crippen LogP contribution is 2.14. The Balaban J connectivity index is 1.94. The van der Waals surface area contributed by atoms with Gasteiger partial charge in [-0.25, -0.2) is 9.59 Å². The predicted octanol–water partition coefficient (Wildman–Crippen LogP) is 3.50.